The zero-order valence-corrected chi connectivity index (χ0v) is 12.6. The lowest BCUT2D eigenvalue weighted by atomic mass is 10.3. The Morgan fingerprint density at radius 3 is 2.76 bits per heavy atom. The van der Waals surface area contributed by atoms with Gasteiger partial charge in [-0.3, -0.25) is 0 Å². The molecule has 0 saturated heterocycles. The first-order valence-corrected chi connectivity index (χ1v) is 7.72. The fourth-order valence-electron chi connectivity index (χ4n) is 1.73. The van der Waals surface area contributed by atoms with Crippen molar-refractivity contribution in [2.45, 2.75) is 0 Å². The van der Waals surface area contributed by atoms with E-state index in [0.29, 0.717) is 5.88 Å². The summed E-state index contributed by atoms with van der Waals surface area (Å²) in [4.78, 5) is 20.6. The fraction of sp³-hybridized carbons (Fsp3) is 0.0714. The lowest BCUT2D eigenvalue weighted by Crippen LogP contribution is -1.91. The summed E-state index contributed by atoms with van der Waals surface area (Å²) in [6.07, 6.45) is 0. The second kappa shape index (κ2) is 5.63. The number of pyridine rings is 1. The van der Waals surface area contributed by atoms with Crippen molar-refractivity contribution in [2.75, 3.05) is 7.11 Å². The Morgan fingerprint density at radius 2 is 2.05 bits per heavy atom. The van der Waals surface area contributed by atoms with E-state index in [1.165, 1.54) is 22.7 Å². The van der Waals surface area contributed by atoms with Crippen LogP contribution in [0.25, 0.3) is 21.3 Å². The first-order chi connectivity index (χ1) is 10.2. The molecule has 0 aromatic carbocycles. The van der Waals surface area contributed by atoms with Crippen LogP contribution < -0.4 is 4.74 Å². The highest BCUT2D eigenvalue weighted by Gasteiger charge is 2.12. The second-order valence-corrected chi connectivity index (χ2v) is 5.88. The molecule has 3 rings (SSSR count). The minimum absolute atomic E-state index is 0.282. The quantitative estimate of drug-likeness (QED) is 0.795. The van der Waals surface area contributed by atoms with Gasteiger partial charge in [0.05, 0.1) is 23.2 Å². The summed E-state index contributed by atoms with van der Waals surface area (Å²) in [5.74, 6) is -0.393. The van der Waals surface area contributed by atoms with Gasteiger partial charge < -0.3 is 9.84 Å². The first-order valence-electron chi connectivity index (χ1n) is 5.96. The molecule has 0 atom stereocenters. The Kier molecular flexibility index (Phi) is 3.68. The highest BCUT2D eigenvalue weighted by molar-refractivity contribution is 7.15. The third-order valence-electron chi connectivity index (χ3n) is 2.75. The maximum atomic E-state index is 10.9. The van der Waals surface area contributed by atoms with Crippen LogP contribution in [-0.4, -0.2) is 28.2 Å². The van der Waals surface area contributed by atoms with Crippen molar-refractivity contribution in [3.05, 3.63) is 40.6 Å². The summed E-state index contributed by atoms with van der Waals surface area (Å²) in [5, 5.41) is 13.2. The number of hydrogen-bond acceptors (Lipinski definition) is 6. The number of carboxylic acids is 1. The fourth-order valence-corrected chi connectivity index (χ4v) is 3.44. The smallest absolute Gasteiger partial charge is 0.336 e. The highest BCUT2D eigenvalue weighted by Crippen LogP contribution is 2.32. The molecule has 0 bridgehead atoms. The Bertz CT molecular complexity index is 795. The van der Waals surface area contributed by atoms with Crippen molar-refractivity contribution >= 4 is 28.6 Å². The first kappa shape index (κ1) is 13.7. The largest absolute Gasteiger partial charge is 0.481 e. The third kappa shape index (κ3) is 2.79. The molecule has 0 fully saturated rings. The van der Waals surface area contributed by atoms with Gasteiger partial charge in [-0.2, -0.15) is 0 Å². The summed E-state index contributed by atoms with van der Waals surface area (Å²) in [5.41, 5.74) is 1.78. The Morgan fingerprint density at radius 1 is 1.19 bits per heavy atom. The van der Waals surface area contributed by atoms with E-state index in [1.807, 2.05) is 17.5 Å². The molecular formula is C14H10N2O3S2. The van der Waals surface area contributed by atoms with Gasteiger partial charge in [0.1, 0.15) is 10.7 Å². The topological polar surface area (TPSA) is 72.3 Å². The predicted octanol–water partition coefficient (Wildman–Crippen LogP) is 3.64. The number of carbonyl (C=O) groups is 1. The van der Waals surface area contributed by atoms with E-state index in [1.54, 1.807) is 24.6 Å². The normalized spacial score (nSPS) is 10.5. The Balaban J connectivity index is 1.93. The predicted molar refractivity (Wildman–Crippen MR) is 82.2 cm³/mol. The van der Waals surface area contributed by atoms with Crippen molar-refractivity contribution in [3.63, 3.8) is 0 Å². The van der Waals surface area contributed by atoms with Gasteiger partial charge in [0.25, 0.3) is 0 Å². The molecule has 0 radical (unpaired) electrons. The van der Waals surface area contributed by atoms with Crippen LogP contribution in [0.4, 0.5) is 0 Å². The van der Waals surface area contributed by atoms with Crippen molar-refractivity contribution in [1.29, 1.82) is 0 Å². The summed E-state index contributed by atoms with van der Waals surface area (Å²) in [6, 6.07) is 7.12. The zero-order chi connectivity index (χ0) is 14.8. The van der Waals surface area contributed by atoms with Gasteiger partial charge in [-0.25, -0.2) is 14.8 Å². The monoisotopic (exact) mass is 318 g/mol. The summed E-state index contributed by atoms with van der Waals surface area (Å²) in [7, 11) is 1.57. The van der Waals surface area contributed by atoms with Crippen LogP contribution in [0.1, 0.15) is 10.4 Å². The maximum Gasteiger partial charge on any atom is 0.336 e. The molecule has 3 aromatic heterocycles. The average molecular weight is 318 g/mol. The van der Waals surface area contributed by atoms with Gasteiger partial charge in [0.2, 0.25) is 5.88 Å². The number of aromatic nitrogens is 2. The number of carboxylic acid groups (broad SMARTS) is 1. The minimum atomic E-state index is -0.928. The summed E-state index contributed by atoms with van der Waals surface area (Å²) < 4.78 is 5.10. The minimum Gasteiger partial charge on any atom is -0.481 e. The van der Waals surface area contributed by atoms with E-state index >= 15 is 0 Å². The van der Waals surface area contributed by atoms with Gasteiger partial charge in [0.15, 0.2) is 0 Å². The molecule has 0 aliphatic heterocycles. The number of aromatic carboxylic acids is 1. The van der Waals surface area contributed by atoms with Crippen LogP contribution in [0.2, 0.25) is 0 Å². The van der Waals surface area contributed by atoms with Gasteiger partial charge in [-0.15, -0.1) is 22.7 Å². The Labute approximate surface area is 128 Å². The van der Waals surface area contributed by atoms with Crippen molar-refractivity contribution in [1.82, 2.24) is 9.97 Å². The summed E-state index contributed by atoms with van der Waals surface area (Å²) in [6.45, 7) is 0. The number of thiophene rings is 1. The zero-order valence-electron chi connectivity index (χ0n) is 10.9. The lowest BCUT2D eigenvalue weighted by Gasteiger charge is -1.99. The molecule has 5 nitrogen and oxygen atoms in total. The van der Waals surface area contributed by atoms with Crippen molar-refractivity contribution in [3.8, 4) is 27.2 Å². The molecule has 0 aliphatic rings. The van der Waals surface area contributed by atoms with E-state index in [0.717, 1.165) is 21.3 Å². The van der Waals surface area contributed by atoms with E-state index in [4.69, 9.17) is 9.84 Å². The molecule has 0 aliphatic carbocycles. The third-order valence-corrected chi connectivity index (χ3v) is 4.57. The van der Waals surface area contributed by atoms with Gasteiger partial charge in [-0.1, -0.05) is 6.07 Å². The average Bonchev–Trinajstić information content (AvgIpc) is 3.16. The number of thiazole rings is 1. The number of methoxy groups -OCH3 is 1. The molecule has 0 spiro atoms. The van der Waals surface area contributed by atoms with Crippen LogP contribution >= 0.6 is 22.7 Å². The van der Waals surface area contributed by atoms with E-state index in [2.05, 4.69) is 9.97 Å². The van der Waals surface area contributed by atoms with Gasteiger partial charge in [0, 0.05) is 16.8 Å². The van der Waals surface area contributed by atoms with Crippen LogP contribution in [0.15, 0.2) is 35.0 Å². The maximum absolute atomic E-state index is 10.9. The van der Waals surface area contributed by atoms with Crippen molar-refractivity contribution < 1.29 is 14.6 Å². The van der Waals surface area contributed by atoms with Crippen LogP contribution in [0.5, 0.6) is 5.88 Å². The number of ether oxygens (including phenoxy) is 1. The highest BCUT2D eigenvalue weighted by atomic mass is 32.1. The van der Waals surface area contributed by atoms with Crippen LogP contribution in [-0.2, 0) is 0 Å². The Hall–Kier alpha value is -2.25. The molecule has 0 saturated carbocycles. The molecule has 0 amide bonds. The van der Waals surface area contributed by atoms with E-state index in [9.17, 15) is 4.79 Å². The standard InChI is InChI=1S/C14H10N2O3S2/c1-19-12-4-2-3-9(15-12)13-16-10(7-21-13)11-5-8(6-20-11)14(17)18/h2-7H,1H3,(H,17,18). The van der Waals surface area contributed by atoms with E-state index < -0.39 is 5.97 Å². The number of hydrogen-bond donors (Lipinski definition) is 1. The molecule has 3 heterocycles. The molecular weight excluding hydrogens is 308 g/mol. The van der Waals surface area contributed by atoms with Crippen LogP contribution in [0.3, 0.4) is 0 Å². The molecule has 21 heavy (non-hydrogen) atoms. The summed E-state index contributed by atoms with van der Waals surface area (Å²) >= 11 is 2.83. The van der Waals surface area contributed by atoms with Crippen molar-refractivity contribution in [2.24, 2.45) is 0 Å². The molecule has 7 heteroatoms. The van der Waals surface area contributed by atoms with Gasteiger partial charge in [-0.05, 0) is 12.1 Å². The molecule has 1 N–H and O–H groups in total. The molecule has 0 unspecified atom stereocenters. The molecule has 3 aromatic rings. The van der Waals surface area contributed by atoms with Crippen LogP contribution in [0, 0.1) is 0 Å². The number of nitrogens with zero attached hydrogens (tertiary/aromatic N) is 2. The number of rotatable bonds is 4. The SMILES string of the molecule is COc1cccc(-c2nc(-c3cc(C(=O)O)cs3)cs2)n1. The molecule has 106 valence electrons. The van der Waals surface area contributed by atoms with Gasteiger partial charge >= 0.3 is 5.97 Å². The van der Waals surface area contributed by atoms with E-state index in [-0.39, 0.29) is 5.56 Å². The lowest BCUT2D eigenvalue weighted by molar-refractivity contribution is 0.0697. The second-order valence-electron chi connectivity index (χ2n) is 4.11.